The van der Waals surface area contributed by atoms with E-state index in [1.807, 2.05) is 47.0 Å². The maximum absolute atomic E-state index is 9.00. The van der Waals surface area contributed by atoms with E-state index < -0.39 is 0 Å². The third-order valence-electron chi connectivity index (χ3n) is 3.10. The van der Waals surface area contributed by atoms with Gasteiger partial charge in [-0.15, -0.1) is 0 Å². The fourth-order valence-corrected chi connectivity index (χ4v) is 2.59. The van der Waals surface area contributed by atoms with Gasteiger partial charge in [-0.25, -0.2) is 4.98 Å². The lowest BCUT2D eigenvalue weighted by atomic mass is 10.2. The van der Waals surface area contributed by atoms with Gasteiger partial charge in [0.25, 0.3) is 0 Å². The Balaban J connectivity index is 2.36. The fraction of sp³-hybridized carbons (Fsp3) is 0.0667. The highest BCUT2D eigenvalue weighted by Crippen LogP contribution is 2.28. The number of nitriles is 1. The van der Waals surface area contributed by atoms with Gasteiger partial charge in [-0.3, -0.25) is 4.57 Å². The van der Waals surface area contributed by atoms with E-state index in [1.165, 1.54) is 0 Å². The molecule has 0 radical (unpaired) electrons. The van der Waals surface area contributed by atoms with E-state index in [-0.39, 0.29) is 6.42 Å². The number of nitrogens with two attached hydrogens (primary N) is 1. The number of fused-ring (bicyclic) bond motifs is 1. The highest BCUT2D eigenvalue weighted by atomic mass is 79.9. The van der Waals surface area contributed by atoms with Crippen LogP contribution in [0.4, 0.5) is 5.69 Å². The first-order valence-electron chi connectivity index (χ1n) is 6.09. The van der Waals surface area contributed by atoms with Crippen molar-refractivity contribution in [2.45, 2.75) is 6.42 Å². The minimum atomic E-state index is 0.237. The van der Waals surface area contributed by atoms with E-state index in [4.69, 9.17) is 11.0 Å². The molecule has 2 N–H and O–H groups in total. The lowest BCUT2D eigenvalue weighted by Crippen LogP contribution is -2.04. The van der Waals surface area contributed by atoms with Gasteiger partial charge < -0.3 is 5.73 Å². The molecule has 0 saturated heterocycles. The summed E-state index contributed by atoms with van der Waals surface area (Å²) >= 11 is 3.46. The molecule has 0 aliphatic rings. The highest BCUT2D eigenvalue weighted by molar-refractivity contribution is 9.10. The molecule has 5 heteroatoms. The lowest BCUT2D eigenvalue weighted by molar-refractivity contribution is 0.955. The molecule has 0 spiro atoms. The summed E-state index contributed by atoms with van der Waals surface area (Å²) in [7, 11) is 0. The van der Waals surface area contributed by atoms with Crippen molar-refractivity contribution in [1.82, 2.24) is 9.55 Å². The quantitative estimate of drug-likeness (QED) is 0.733. The highest BCUT2D eigenvalue weighted by Gasteiger charge is 2.14. The average Bonchev–Trinajstić information content (AvgIpc) is 2.80. The van der Waals surface area contributed by atoms with Crippen LogP contribution in [-0.2, 0) is 6.42 Å². The van der Waals surface area contributed by atoms with Gasteiger partial charge >= 0.3 is 0 Å². The monoisotopic (exact) mass is 326 g/mol. The average molecular weight is 327 g/mol. The Morgan fingerprint density at radius 2 is 2.05 bits per heavy atom. The Labute approximate surface area is 124 Å². The van der Waals surface area contributed by atoms with Crippen molar-refractivity contribution < 1.29 is 0 Å². The van der Waals surface area contributed by atoms with Gasteiger partial charge in [0, 0.05) is 4.47 Å². The predicted molar refractivity (Wildman–Crippen MR) is 82.5 cm³/mol. The smallest absolute Gasteiger partial charge is 0.128 e. The number of anilines is 1. The van der Waals surface area contributed by atoms with Crippen molar-refractivity contribution in [3.8, 4) is 11.8 Å². The van der Waals surface area contributed by atoms with Crippen molar-refractivity contribution in [2.75, 3.05) is 5.73 Å². The van der Waals surface area contributed by atoms with E-state index in [2.05, 4.69) is 27.0 Å². The van der Waals surface area contributed by atoms with E-state index >= 15 is 0 Å². The molecule has 0 atom stereocenters. The van der Waals surface area contributed by atoms with Crippen LogP contribution in [0.1, 0.15) is 5.82 Å². The number of nitrogen functional groups attached to an aromatic ring is 1. The molecule has 20 heavy (non-hydrogen) atoms. The summed E-state index contributed by atoms with van der Waals surface area (Å²) in [6.07, 6.45) is 0.237. The second-order valence-electron chi connectivity index (χ2n) is 4.39. The molecule has 0 bridgehead atoms. The van der Waals surface area contributed by atoms with Crippen LogP contribution in [0.3, 0.4) is 0 Å². The number of rotatable bonds is 2. The number of benzene rings is 2. The van der Waals surface area contributed by atoms with Crippen molar-refractivity contribution in [1.29, 1.82) is 5.26 Å². The van der Waals surface area contributed by atoms with Gasteiger partial charge in [-0.2, -0.15) is 5.26 Å². The summed E-state index contributed by atoms with van der Waals surface area (Å²) in [6.45, 7) is 0. The SMILES string of the molecule is N#CCc1nc2ccccc2n1-c1cc(Br)ccc1N. The van der Waals surface area contributed by atoms with E-state index in [0.29, 0.717) is 11.5 Å². The molecule has 3 rings (SSSR count). The van der Waals surface area contributed by atoms with Crippen molar-refractivity contribution >= 4 is 32.7 Å². The number of para-hydroxylation sites is 2. The molecule has 4 nitrogen and oxygen atoms in total. The first-order chi connectivity index (χ1) is 9.70. The van der Waals surface area contributed by atoms with Crippen LogP contribution >= 0.6 is 15.9 Å². The summed E-state index contributed by atoms with van der Waals surface area (Å²) in [5, 5.41) is 9.00. The second-order valence-corrected chi connectivity index (χ2v) is 5.31. The van der Waals surface area contributed by atoms with Crippen molar-refractivity contribution in [3.05, 3.63) is 52.8 Å². The van der Waals surface area contributed by atoms with Crippen LogP contribution in [0.15, 0.2) is 46.9 Å². The van der Waals surface area contributed by atoms with E-state index in [1.54, 1.807) is 0 Å². The first-order valence-corrected chi connectivity index (χ1v) is 6.88. The third kappa shape index (κ3) is 2.04. The van der Waals surface area contributed by atoms with Gasteiger partial charge in [-0.1, -0.05) is 28.1 Å². The summed E-state index contributed by atoms with van der Waals surface area (Å²) in [6, 6.07) is 15.6. The molecule has 0 aliphatic heterocycles. The van der Waals surface area contributed by atoms with Crippen molar-refractivity contribution in [2.24, 2.45) is 0 Å². The fourth-order valence-electron chi connectivity index (χ4n) is 2.24. The van der Waals surface area contributed by atoms with Crippen molar-refractivity contribution in [3.63, 3.8) is 0 Å². The number of halogens is 1. The number of imidazole rings is 1. The van der Waals surface area contributed by atoms with Crippen LogP contribution < -0.4 is 5.73 Å². The van der Waals surface area contributed by atoms with Gasteiger partial charge in [0.2, 0.25) is 0 Å². The molecular formula is C15H11BrN4. The Morgan fingerprint density at radius 1 is 1.25 bits per heavy atom. The second kappa shape index (κ2) is 4.99. The zero-order valence-corrected chi connectivity index (χ0v) is 12.1. The molecule has 0 aliphatic carbocycles. The molecule has 0 amide bonds. The molecule has 0 fully saturated rings. The van der Waals surface area contributed by atoms with Gasteiger partial charge in [0.15, 0.2) is 0 Å². The lowest BCUT2D eigenvalue weighted by Gasteiger charge is -2.11. The Hall–Kier alpha value is -2.32. The molecule has 98 valence electrons. The van der Waals surface area contributed by atoms with Gasteiger partial charge in [0.05, 0.1) is 34.9 Å². The van der Waals surface area contributed by atoms with Crippen LogP contribution in [0.2, 0.25) is 0 Å². The molecule has 1 aromatic heterocycles. The molecular weight excluding hydrogens is 316 g/mol. The van der Waals surface area contributed by atoms with Crippen LogP contribution in [0, 0.1) is 11.3 Å². The summed E-state index contributed by atoms with van der Waals surface area (Å²) < 4.78 is 2.88. The largest absolute Gasteiger partial charge is 0.397 e. The number of hydrogen-bond acceptors (Lipinski definition) is 3. The normalized spacial score (nSPS) is 10.6. The molecule has 1 heterocycles. The standard InChI is InChI=1S/C15H11BrN4/c16-10-5-6-11(18)14(9-10)20-13-4-2-1-3-12(13)19-15(20)7-8-17/h1-6,9H,7,18H2. The maximum atomic E-state index is 9.00. The van der Waals surface area contributed by atoms with E-state index in [0.717, 1.165) is 21.2 Å². The molecule has 2 aromatic carbocycles. The minimum Gasteiger partial charge on any atom is -0.397 e. The molecule has 0 saturated carbocycles. The number of hydrogen-bond donors (Lipinski definition) is 1. The summed E-state index contributed by atoms with van der Waals surface area (Å²) in [4.78, 5) is 4.52. The van der Waals surface area contributed by atoms with Crippen LogP contribution in [0.25, 0.3) is 16.7 Å². The molecule has 0 unspecified atom stereocenters. The third-order valence-corrected chi connectivity index (χ3v) is 3.59. The number of aromatic nitrogens is 2. The summed E-state index contributed by atoms with van der Waals surface area (Å²) in [5.74, 6) is 0.693. The Morgan fingerprint density at radius 3 is 2.85 bits per heavy atom. The Bertz CT molecular complexity index is 829. The number of nitrogens with zero attached hydrogens (tertiary/aromatic N) is 3. The topological polar surface area (TPSA) is 67.6 Å². The predicted octanol–water partition coefficient (Wildman–Crippen LogP) is 3.44. The van der Waals surface area contributed by atoms with Gasteiger partial charge in [0.1, 0.15) is 5.82 Å². The maximum Gasteiger partial charge on any atom is 0.128 e. The zero-order valence-electron chi connectivity index (χ0n) is 10.5. The Kier molecular flexibility index (Phi) is 3.17. The van der Waals surface area contributed by atoms with E-state index in [9.17, 15) is 0 Å². The van der Waals surface area contributed by atoms with Crippen LogP contribution in [0.5, 0.6) is 0 Å². The minimum absolute atomic E-state index is 0.237. The molecule has 3 aromatic rings. The first kappa shape index (κ1) is 12.7. The van der Waals surface area contributed by atoms with Gasteiger partial charge in [-0.05, 0) is 30.3 Å². The van der Waals surface area contributed by atoms with Crippen LogP contribution in [-0.4, -0.2) is 9.55 Å². The zero-order chi connectivity index (χ0) is 14.1. The summed E-state index contributed by atoms with van der Waals surface area (Å²) in [5.41, 5.74) is 9.37.